The summed E-state index contributed by atoms with van der Waals surface area (Å²) in [6.45, 7) is 2.55. The molecule has 0 bridgehead atoms. The number of nitrogens with one attached hydrogen (secondary N) is 1. The van der Waals surface area contributed by atoms with Gasteiger partial charge in [-0.1, -0.05) is 30.4 Å². The van der Waals surface area contributed by atoms with Gasteiger partial charge < -0.3 is 14.8 Å². The average molecular weight is 366 g/mol. The Kier molecular flexibility index (Phi) is 4.48. The first-order chi connectivity index (χ1) is 13.1. The number of para-hydroxylation sites is 1. The van der Waals surface area contributed by atoms with Crippen molar-refractivity contribution >= 4 is 11.4 Å². The van der Waals surface area contributed by atoms with Crippen LogP contribution in [0.15, 0.2) is 48.6 Å². The van der Waals surface area contributed by atoms with Gasteiger partial charge in [0, 0.05) is 12.0 Å². The maximum atomic E-state index is 11.5. The number of anilines is 1. The fraction of sp³-hybridized carbons (Fsp3) is 0.333. The van der Waals surface area contributed by atoms with Crippen LogP contribution in [0.5, 0.6) is 11.5 Å². The number of hydrogen-bond acceptors (Lipinski definition) is 5. The predicted molar refractivity (Wildman–Crippen MR) is 104 cm³/mol. The van der Waals surface area contributed by atoms with Crippen LogP contribution in [0.3, 0.4) is 0 Å². The normalized spacial score (nSPS) is 22.5. The van der Waals surface area contributed by atoms with Crippen molar-refractivity contribution in [2.45, 2.75) is 25.3 Å². The second-order valence-electron chi connectivity index (χ2n) is 6.82. The molecule has 3 atom stereocenters. The van der Waals surface area contributed by atoms with Crippen LogP contribution in [0, 0.1) is 16.0 Å². The van der Waals surface area contributed by atoms with E-state index in [1.54, 1.807) is 12.1 Å². The number of rotatable bonds is 5. The quantitative estimate of drug-likeness (QED) is 0.466. The summed E-state index contributed by atoms with van der Waals surface area (Å²) in [5.74, 6) is 1.67. The molecule has 0 radical (unpaired) electrons. The molecule has 2 aliphatic rings. The predicted octanol–water partition coefficient (Wildman–Crippen LogP) is 4.83. The van der Waals surface area contributed by atoms with Gasteiger partial charge in [0.05, 0.1) is 30.4 Å². The molecule has 0 aromatic heterocycles. The van der Waals surface area contributed by atoms with Gasteiger partial charge >= 0.3 is 5.69 Å². The highest BCUT2D eigenvalue weighted by atomic mass is 16.6. The molecule has 1 aliphatic heterocycles. The van der Waals surface area contributed by atoms with Crippen LogP contribution in [0.2, 0.25) is 0 Å². The number of methoxy groups -OCH3 is 1. The summed E-state index contributed by atoms with van der Waals surface area (Å²) in [6.07, 6.45) is 5.37. The molecule has 6 heteroatoms. The number of nitro groups is 1. The van der Waals surface area contributed by atoms with E-state index in [0.29, 0.717) is 12.5 Å². The minimum absolute atomic E-state index is 0.0109. The second kappa shape index (κ2) is 6.95. The Hall–Kier alpha value is -3.02. The van der Waals surface area contributed by atoms with Crippen molar-refractivity contribution in [3.05, 3.63) is 69.8 Å². The first-order valence-corrected chi connectivity index (χ1v) is 9.15. The zero-order valence-electron chi connectivity index (χ0n) is 15.3. The van der Waals surface area contributed by atoms with Crippen LogP contribution in [0.1, 0.15) is 36.4 Å². The Morgan fingerprint density at radius 2 is 2.11 bits per heavy atom. The Bertz CT molecular complexity index is 909. The zero-order chi connectivity index (χ0) is 19.0. The van der Waals surface area contributed by atoms with Crippen molar-refractivity contribution < 1.29 is 14.4 Å². The second-order valence-corrected chi connectivity index (χ2v) is 6.82. The lowest BCUT2D eigenvalue weighted by Crippen LogP contribution is -2.29. The van der Waals surface area contributed by atoms with E-state index in [0.717, 1.165) is 23.4 Å². The van der Waals surface area contributed by atoms with E-state index in [1.807, 2.05) is 25.1 Å². The van der Waals surface area contributed by atoms with Crippen LogP contribution in [0.4, 0.5) is 11.4 Å². The van der Waals surface area contributed by atoms with Crippen molar-refractivity contribution in [1.82, 2.24) is 0 Å². The third-order valence-corrected chi connectivity index (χ3v) is 5.42. The van der Waals surface area contributed by atoms with E-state index >= 15 is 0 Å². The number of nitrogens with zero attached hydrogens (tertiary/aromatic N) is 1. The van der Waals surface area contributed by atoms with Crippen LogP contribution in [-0.2, 0) is 0 Å². The summed E-state index contributed by atoms with van der Waals surface area (Å²) >= 11 is 0. The molecule has 2 aromatic carbocycles. The molecule has 0 saturated heterocycles. The average Bonchev–Trinajstić information content (AvgIpc) is 3.17. The molecule has 0 unspecified atom stereocenters. The first-order valence-electron chi connectivity index (χ1n) is 9.15. The maximum Gasteiger partial charge on any atom is 0.311 e. The molecule has 1 aliphatic carbocycles. The van der Waals surface area contributed by atoms with E-state index < -0.39 is 4.92 Å². The molecule has 27 heavy (non-hydrogen) atoms. The van der Waals surface area contributed by atoms with E-state index in [1.165, 1.54) is 12.7 Å². The summed E-state index contributed by atoms with van der Waals surface area (Å²) in [5, 5.41) is 15.1. The lowest BCUT2D eigenvalue weighted by Gasteiger charge is -2.38. The molecule has 0 saturated carbocycles. The third kappa shape index (κ3) is 2.91. The lowest BCUT2D eigenvalue weighted by atomic mass is 9.77. The Balaban J connectivity index is 1.79. The fourth-order valence-corrected chi connectivity index (χ4v) is 4.24. The maximum absolute atomic E-state index is 11.5. The summed E-state index contributed by atoms with van der Waals surface area (Å²) in [7, 11) is 1.45. The highest BCUT2D eigenvalue weighted by Crippen LogP contribution is 2.52. The first kappa shape index (κ1) is 17.4. The van der Waals surface area contributed by atoms with Gasteiger partial charge in [-0.2, -0.15) is 0 Å². The smallest absolute Gasteiger partial charge is 0.311 e. The third-order valence-electron chi connectivity index (χ3n) is 5.42. The van der Waals surface area contributed by atoms with Crippen molar-refractivity contribution in [2.75, 3.05) is 19.0 Å². The minimum Gasteiger partial charge on any atom is -0.492 e. The number of benzene rings is 2. The zero-order valence-corrected chi connectivity index (χ0v) is 15.3. The highest BCUT2D eigenvalue weighted by molar-refractivity contribution is 5.68. The van der Waals surface area contributed by atoms with Crippen molar-refractivity contribution in [3.8, 4) is 11.5 Å². The van der Waals surface area contributed by atoms with Gasteiger partial charge in [-0.05, 0) is 42.5 Å². The number of hydrogen-bond donors (Lipinski definition) is 1. The number of fused-ring (bicyclic) bond motifs is 3. The van der Waals surface area contributed by atoms with Gasteiger partial charge in [0.15, 0.2) is 5.75 Å². The Morgan fingerprint density at radius 3 is 2.85 bits per heavy atom. The largest absolute Gasteiger partial charge is 0.492 e. The number of nitro benzene ring substituents is 1. The molecule has 1 heterocycles. The summed E-state index contributed by atoms with van der Waals surface area (Å²) in [4.78, 5) is 11.1. The van der Waals surface area contributed by atoms with Crippen molar-refractivity contribution in [1.29, 1.82) is 0 Å². The van der Waals surface area contributed by atoms with Gasteiger partial charge in [-0.25, -0.2) is 0 Å². The minimum atomic E-state index is -0.394. The monoisotopic (exact) mass is 366 g/mol. The molecule has 0 spiro atoms. The van der Waals surface area contributed by atoms with E-state index in [2.05, 4.69) is 23.5 Å². The van der Waals surface area contributed by atoms with Gasteiger partial charge in [0.25, 0.3) is 0 Å². The summed E-state index contributed by atoms with van der Waals surface area (Å²) in [6, 6.07) is 11.3. The van der Waals surface area contributed by atoms with Crippen molar-refractivity contribution in [3.63, 3.8) is 0 Å². The number of allylic oxidation sites excluding steroid dienone is 2. The molecular weight excluding hydrogens is 344 g/mol. The van der Waals surface area contributed by atoms with Gasteiger partial charge in [0.2, 0.25) is 0 Å². The summed E-state index contributed by atoms with van der Waals surface area (Å²) < 4.78 is 11.0. The molecule has 0 amide bonds. The molecule has 0 fully saturated rings. The van der Waals surface area contributed by atoms with E-state index in [9.17, 15) is 10.1 Å². The van der Waals surface area contributed by atoms with E-state index in [4.69, 9.17) is 9.47 Å². The van der Waals surface area contributed by atoms with Crippen molar-refractivity contribution in [2.24, 2.45) is 5.92 Å². The Morgan fingerprint density at radius 1 is 1.26 bits per heavy atom. The SMILES string of the molecule is CCOc1cccc2c1N[C@@H](c1ccc(OC)c([N+](=O)[O-])c1)[C@H]1CC=C[C@@H]21. The standard InChI is InChI=1S/C21H22N2O4/c1-3-27-19-9-5-8-16-14-6-4-7-15(14)20(22-21(16)19)13-10-11-18(26-2)17(12-13)23(24)25/h4-6,8-12,14-15,20,22H,3,7H2,1-2H3/t14-,15+,20+/m1/s1. The lowest BCUT2D eigenvalue weighted by molar-refractivity contribution is -0.385. The van der Waals surface area contributed by atoms with E-state index in [-0.39, 0.29) is 23.4 Å². The molecule has 1 N–H and O–H groups in total. The van der Waals surface area contributed by atoms with Gasteiger partial charge in [0.1, 0.15) is 5.75 Å². The topological polar surface area (TPSA) is 73.6 Å². The molecule has 6 nitrogen and oxygen atoms in total. The van der Waals surface area contributed by atoms with Crippen LogP contribution in [-0.4, -0.2) is 18.6 Å². The molecular formula is C21H22N2O4. The van der Waals surface area contributed by atoms with Crippen LogP contribution in [0.25, 0.3) is 0 Å². The van der Waals surface area contributed by atoms with Gasteiger partial charge in [-0.3, -0.25) is 10.1 Å². The molecule has 140 valence electrons. The highest BCUT2D eigenvalue weighted by Gasteiger charge is 2.39. The summed E-state index contributed by atoms with van der Waals surface area (Å²) in [5.41, 5.74) is 3.08. The van der Waals surface area contributed by atoms with Crippen LogP contribution >= 0.6 is 0 Å². The molecule has 2 aromatic rings. The molecule has 4 rings (SSSR count). The van der Waals surface area contributed by atoms with Gasteiger partial charge in [-0.15, -0.1) is 0 Å². The fourth-order valence-electron chi connectivity index (χ4n) is 4.24. The Labute approximate surface area is 158 Å². The number of ether oxygens (including phenoxy) is 2. The van der Waals surface area contributed by atoms with Crippen LogP contribution < -0.4 is 14.8 Å².